The molecule has 0 heterocycles. The SMILES string of the molecule is COc1ccc(C(=O)COC(=O)/C=C/c2ccc(Cl)c([N+](=O)[O-])c2)c(OC)c1. The molecular weight excluding hydrogens is 390 g/mol. The molecule has 28 heavy (non-hydrogen) atoms. The molecule has 2 aromatic carbocycles. The Kier molecular flexibility index (Phi) is 7.11. The van der Waals surface area contributed by atoms with Gasteiger partial charge >= 0.3 is 5.97 Å². The summed E-state index contributed by atoms with van der Waals surface area (Å²) in [6.45, 7) is -0.493. The Balaban J connectivity index is 2.01. The molecule has 0 radical (unpaired) electrons. The largest absolute Gasteiger partial charge is 0.497 e. The summed E-state index contributed by atoms with van der Waals surface area (Å²) in [7, 11) is 2.89. The lowest BCUT2D eigenvalue weighted by Gasteiger charge is -2.09. The van der Waals surface area contributed by atoms with Gasteiger partial charge in [0.05, 0.1) is 24.7 Å². The first-order valence-corrected chi connectivity index (χ1v) is 8.27. The van der Waals surface area contributed by atoms with Crippen LogP contribution in [0.2, 0.25) is 5.02 Å². The minimum Gasteiger partial charge on any atom is -0.497 e. The fourth-order valence-electron chi connectivity index (χ4n) is 2.23. The zero-order valence-electron chi connectivity index (χ0n) is 15.0. The molecule has 9 heteroatoms. The first-order chi connectivity index (χ1) is 13.3. The summed E-state index contributed by atoms with van der Waals surface area (Å²) < 4.78 is 15.1. The Morgan fingerprint density at radius 2 is 1.89 bits per heavy atom. The van der Waals surface area contributed by atoms with Crippen LogP contribution in [-0.2, 0) is 9.53 Å². The van der Waals surface area contributed by atoms with Crippen LogP contribution in [0.15, 0.2) is 42.5 Å². The number of esters is 1. The number of carbonyl (C=O) groups excluding carboxylic acids is 2. The number of Topliss-reactive ketones (excluding diaryl/α,β-unsaturated/α-hetero) is 1. The maximum Gasteiger partial charge on any atom is 0.331 e. The zero-order valence-corrected chi connectivity index (χ0v) is 15.8. The number of nitro benzene ring substituents is 1. The average molecular weight is 406 g/mol. The minimum atomic E-state index is -0.779. The summed E-state index contributed by atoms with van der Waals surface area (Å²) in [4.78, 5) is 34.3. The summed E-state index contributed by atoms with van der Waals surface area (Å²) in [5.74, 6) is -0.420. The van der Waals surface area contributed by atoms with E-state index < -0.39 is 23.3 Å². The molecule has 0 N–H and O–H groups in total. The van der Waals surface area contributed by atoms with Crippen molar-refractivity contribution in [3.8, 4) is 11.5 Å². The first kappa shape index (κ1) is 20.9. The molecule has 2 aromatic rings. The molecule has 0 spiro atoms. The number of ketones is 1. The molecule has 0 aromatic heterocycles. The van der Waals surface area contributed by atoms with Crippen LogP contribution in [-0.4, -0.2) is 37.5 Å². The average Bonchev–Trinajstić information content (AvgIpc) is 2.70. The summed E-state index contributed by atoms with van der Waals surface area (Å²) in [6, 6.07) is 8.72. The minimum absolute atomic E-state index is 0.0104. The molecule has 0 aliphatic carbocycles. The van der Waals surface area contributed by atoms with Crippen molar-refractivity contribution in [2.45, 2.75) is 0 Å². The number of ether oxygens (including phenoxy) is 3. The molecule has 0 amide bonds. The van der Waals surface area contributed by atoms with Crippen molar-refractivity contribution in [3.63, 3.8) is 0 Å². The molecule has 2 rings (SSSR count). The summed E-state index contributed by atoms with van der Waals surface area (Å²) >= 11 is 5.73. The van der Waals surface area contributed by atoms with Crippen molar-refractivity contribution in [2.75, 3.05) is 20.8 Å². The molecular formula is C19H16ClNO7. The predicted octanol–water partition coefficient (Wildman–Crippen LogP) is 3.70. The molecule has 0 fully saturated rings. The highest BCUT2D eigenvalue weighted by atomic mass is 35.5. The highest BCUT2D eigenvalue weighted by Crippen LogP contribution is 2.26. The second-order valence-corrected chi connectivity index (χ2v) is 5.81. The van der Waals surface area contributed by atoms with Gasteiger partial charge in [0.1, 0.15) is 16.5 Å². The lowest BCUT2D eigenvalue weighted by atomic mass is 10.1. The van der Waals surface area contributed by atoms with E-state index in [-0.39, 0.29) is 16.3 Å². The molecule has 0 bridgehead atoms. The van der Waals surface area contributed by atoms with Gasteiger partial charge in [-0.2, -0.15) is 0 Å². The number of rotatable bonds is 8. The van der Waals surface area contributed by atoms with Gasteiger partial charge in [0, 0.05) is 18.2 Å². The highest BCUT2D eigenvalue weighted by molar-refractivity contribution is 6.32. The van der Waals surface area contributed by atoms with Gasteiger partial charge in [0.2, 0.25) is 5.78 Å². The van der Waals surface area contributed by atoms with E-state index in [0.717, 1.165) is 6.08 Å². The molecule has 0 aliphatic heterocycles. The predicted molar refractivity (Wildman–Crippen MR) is 102 cm³/mol. The maximum atomic E-state index is 12.2. The van der Waals surface area contributed by atoms with Crippen LogP contribution in [0.4, 0.5) is 5.69 Å². The second kappa shape index (κ2) is 9.52. The van der Waals surface area contributed by atoms with E-state index in [4.69, 9.17) is 25.8 Å². The van der Waals surface area contributed by atoms with Gasteiger partial charge in [0.15, 0.2) is 6.61 Å². The standard InChI is InChI=1S/C19H16ClNO7/c1-26-13-5-6-14(18(10-13)27-2)17(22)11-28-19(23)8-4-12-3-7-15(20)16(9-12)21(24)25/h3-10H,11H2,1-2H3/b8-4+. The molecule has 146 valence electrons. The maximum absolute atomic E-state index is 12.2. The third-order valence-corrected chi connectivity index (χ3v) is 3.95. The van der Waals surface area contributed by atoms with Gasteiger partial charge in [-0.1, -0.05) is 17.7 Å². The van der Waals surface area contributed by atoms with Gasteiger partial charge in [-0.25, -0.2) is 4.79 Å². The molecule has 0 saturated heterocycles. The molecule has 0 saturated carbocycles. The van der Waals surface area contributed by atoms with Crippen molar-refractivity contribution in [3.05, 3.63) is 68.7 Å². The first-order valence-electron chi connectivity index (χ1n) is 7.89. The Morgan fingerprint density at radius 3 is 2.54 bits per heavy atom. The van der Waals surface area contributed by atoms with Crippen LogP contribution in [0.1, 0.15) is 15.9 Å². The summed E-state index contributed by atoms with van der Waals surface area (Å²) in [5.41, 5.74) is 0.351. The van der Waals surface area contributed by atoms with E-state index >= 15 is 0 Å². The molecule has 0 atom stereocenters. The lowest BCUT2D eigenvalue weighted by molar-refractivity contribution is -0.384. The Hall–Kier alpha value is -3.39. The number of methoxy groups -OCH3 is 2. The smallest absolute Gasteiger partial charge is 0.331 e. The van der Waals surface area contributed by atoms with Crippen LogP contribution in [0, 0.1) is 10.1 Å². The topological polar surface area (TPSA) is 105 Å². The van der Waals surface area contributed by atoms with Crippen molar-refractivity contribution in [1.82, 2.24) is 0 Å². The van der Waals surface area contributed by atoms with Gasteiger partial charge in [-0.3, -0.25) is 14.9 Å². The fraction of sp³-hybridized carbons (Fsp3) is 0.158. The monoisotopic (exact) mass is 405 g/mol. The van der Waals surface area contributed by atoms with E-state index in [0.29, 0.717) is 17.1 Å². The van der Waals surface area contributed by atoms with Crippen LogP contribution in [0.5, 0.6) is 11.5 Å². The van der Waals surface area contributed by atoms with Gasteiger partial charge < -0.3 is 14.2 Å². The van der Waals surface area contributed by atoms with Crippen LogP contribution in [0.25, 0.3) is 6.08 Å². The van der Waals surface area contributed by atoms with E-state index in [1.807, 2.05) is 0 Å². The van der Waals surface area contributed by atoms with E-state index in [1.165, 1.54) is 44.6 Å². The normalized spacial score (nSPS) is 10.5. The Bertz CT molecular complexity index is 940. The number of hydrogen-bond donors (Lipinski definition) is 0. The number of nitrogens with zero attached hydrogens (tertiary/aromatic N) is 1. The van der Waals surface area contributed by atoms with Gasteiger partial charge in [0.25, 0.3) is 5.69 Å². The third-order valence-electron chi connectivity index (χ3n) is 3.63. The molecule has 0 unspecified atom stereocenters. The molecule has 0 aliphatic rings. The Morgan fingerprint density at radius 1 is 1.14 bits per heavy atom. The van der Waals surface area contributed by atoms with Crippen molar-refractivity contribution in [2.24, 2.45) is 0 Å². The molecule has 8 nitrogen and oxygen atoms in total. The third kappa shape index (κ3) is 5.31. The van der Waals surface area contributed by atoms with Crippen LogP contribution < -0.4 is 9.47 Å². The van der Waals surface area contributed by atoms with Gasteiger partial charge in [-0.15, -0.1) is 0 Å². The number of halogens is 1. The number of benzene rings is 2. The number of carbonyl (C=O) groups is 2. The zero-order chi connectivity index (χ0) is 20.7. The summed E-state index contributed by atoms with van der Waals surface area (Å²) in [5, 5.41) is 10.9. The summed E-state index contributed by atoms with van der Waals surface area (Å²) in [6.07, 6.45) is 2.38. The van der Waals surface area contributed by atoms with Crippen molar-refractivity contribution >= 4 is 35.1 Å². The fourth-order valence-corrected chi connectivity index (χ4v) is 2.42. The van der Waals surface area contributed by atoms with Crippen LogP contribution >= 0.6 is 11.6 Å². The second-order valence-electron chi connectivity index (χ2n) is 5.40. The van der Waals surface area contributed by atoms with Crippen LogP contribution in [0.3, 0.4) is 0 Å². The lowest BCUT2D eigenvalue weighted by Crippen LogP contribution is -2.13. The Labute approximate surface area is 165 Å². The number of nitro groups is 1. The van der Waals surface area contributed by atoms with E-state index in [9.17, 15) is 19.7 Å². The van der Waals surface area contributed by atoms with E-state index in [2.05, 4.69) is 0 Å². The number of hydrogen-bond acceptors (Lipinski definition) is 7. The highest BCUT2D eigenvalue weighted by Gasteiger charge is 2.15. The quantitative estimate of drug-likeness (QED) is 0.217. The van der Waals surface area contributed by atoms with Crippen molar-refractivity contribution < 1.29 is 28.7 Å². The van der Waals surface area contributed by atoms with Gasteiger partial charge in [-0.05, 0) is 29.8 Å². The van der Waals surface area contributed by atoms with Crippen molar-refractivity contribution in [1.29, 1.82) is 0 Å². The van der Waals surface area contributed by atoms with E-state index in [1.54, 1.807) is 12.1 Å².